The zero-order chi connectivity index (χ0) is 25.6. The Balaban J connectivity index is 0.000000201. The third kappa shape index (κ3) is 8.54. The molecule has 0 saturated heterocycles. The van der Waals surface area contributed by atoms with Crippen molar-refractivity contribution in [2.75, 3.05) is 14.2 Å². The Labute approximate surface area is 222 Å². The average molecular weight is 600 g/mol. The first-order valence-corrected chi connectivity index (χ1v) is 18.9. The molecular formula is C30H30Ge2O4. The molecule has 4 aromatic carbocycles. The van der Waals surface area contributed by atoms with Crippen LogP contribution in [0.1, 0.15) is 0 Å². The first-order chi connectivity index (χ1) is 17.6. The van der Waals surface area contributed by atoms with Crippen molar-refractivity contribution in [3.05, 3.63) is 121 Å². The summed E-state index contributed by atoms with van der Waals surface area (Å²) in [4.78, 5) is 23.2. The molecule has 0 aromatic heterocycles. The van der Waals surface area contributed by atoms with E-state index in [0.29, 0.717) is 10.5 Å². The van der Waals surface area contributed by atoms with Crippen molar-refractivity contribution in [2.24, 2.45) is 0 Å². The molecule has 0 amide bonds. The van der Waals surface area contributed by atoms with Gasteiger partial charge < -0.3 is 0 Å². The van der Waals surface area contributed by atoms with Crippen molar-refractivity contribution in [3.8, 4) is 0 Å². The predicted octanol–water partition coefficient (Wildman–Crippen LogP) is 2.94. The number of ether oxygens (including phenoxy) is 2. The van der Waals surface area contributed by atoms with E-state index in [4.69, 9.17) is 9.47 Å². The van der Waals surface area contributed by atoms with Crippen LogP contribution in [0.3, 0.4) is 0 Å². The Kier molecular flexibility index (Phi) is 11.5. The summed E-state index contributed by atoms with van der Waals surface area (Å²) in [6.45, 7) is 0. The molecule has 0 unspecified atom stereocenters. The number of benzene rings is 4. The molecule has 0 atom stereocenters. The Morgan fingerprint density at radius 2 is 0.694 bits per heavy atom. The maximum atomic E-state index is 11.6. The monoisotopic (exact) mass is 602 g/mol. The summed E-state index contributed by atoms with van der Waals surface area (Å²) in [6.07, 6.45) is 0. The van der Waals surface area contributed by atoms with E-state index in [9.17, 15) is 9.59 Å². The number of methoxy groups -OCH3 is 2. The minimum atomic E-state index is -1.81. The van der Waals surface area contributed by atoms with E-state index in [1.54, 1.807) is 0 Å². The molecule has 0 heterocycles. The van der Waals surface area contributed by atoms with Crippen LogP contribution in [0.4, 0.5) is 0 Å². The second-order valence-electron chi connectivity index (χ2n) is 7.93. The van der Waals surface area contributed by atoms with E-state index < -0.39 is 28.7 Å². The SMILES string of the molecule is COC(=O)[CH2][Ge]([c]1ccccc1)[c]1ccccc1.COC(=O)[CH2][Ge]([c]1ccccc1)[c]1ccccc1. The number of hydrogen-bond donors (Lipinski definition) is 0. The predicted molar refractivity (Wildman–Crippen MR) is 149 cm³/mol. The van der Waals surface area contributed by atoms with Crippen molar-refractivity contribution in [2.45, 2.75) is 10.5 Å². The Hall–Kier alpha value is -3.09. The molecule has 4 nitrogen and oxygen atoms in total. The van der Waals surface area contributed by atoms with Crippen molar-refractivity contribution in [1.82, 2.24) is 0 Å². The standard InChI is InChI=1S/2C15H15GeO2/c2*1-18-15(17)12-16(13-8-4-2-5-9-13)14-10-6-3-7-11-14/h2*2-11H,12H2,1H3. The van der Waals surface area contributed by atoms with Crippen molar-refractivity contribution < 1.29 is 19.1 Å². The van der Waals surface area contributed by atoms with Crippen LogP contribution in [0, 0.1) is 0 Å². The van der Waals surface area contributed by atoms with Gasteiger partial charge in [-0.25, -0.2) is 0 Å². The van der Waals surface area contributed by atoms with Gasteiger partial charge in [0, 0.05) is 0 Å². The van der Waals surface area contributed by atoms with Gasteiger partial charge in [-0.3, -0.25) is 0 Å². The molecule has 0 aliphatic heterocycles. The molecular weight excluding hydrogens is 570 g/mol. The number of rotatable bonds is 8. The van der Waals surface area contributed by atoms with Crippen molar-refractivity contribution >= 4 is 58.2 Å². The molecule has 0 fully saturated rings. The van der Waals surface area contributed by atoms with Crippen LogP contribution in [0.25, 0.3) is 0 Å². The average Bonchev–Trinajstić information content (AvgIpc) is 2.96. The van der Waals surface area contributed by atoms with E-state index in [1.165, 1.54) is 31.8 Å². The molecule has 0 bridgehead atoms. The van der Waals surface area contributed by atoms with Gasteiger partial charge >= 0.3 is 223 Å². The first kappa shape index (κ1) is 27.5. The molecule has 2 radical (unpaired) electrons. The summed E-state index contributed by atoms with van der Waals surface area (Å²) in [7, 11) is 2.91. The van der Waals surface area contributed by atoms with Gasteiger partial charge in [-0.15, -0.1) is 0 Å². The molecule has 36 heavy (non-hydrogen) atoms. The van der Waals surface area contributed by atoms with Gasteiger partial charge in [-0.1, -0.05) is 0 Å². The number of esters is 2. The van der Waals surface area contributed by atoms with E-state index in [1.807, 2.05) is 72.8 Å². The van der Waals surface area contributed by atoms with Gasteiger partial charge in [0.1, 0.15) is 0 Å². The third-order valence-electron chi connectivity index (χ3n) is 5.59. The fourth-order valence-electron chi connectivity index (χ4n) is 3.73. The molecule has 6 heteroatoms. The fourth-order valence-corrected chi connectivity index (χ4v) is 13.7. The molecule has 182 valence electrons. The summed E-state index contributed by atoms with van der Waals surface area (Å²) in [6, 6.07) is 41.2. The molecule has 4 aromatic rings. The molecule has 0 saturated carbocycles. The van der Waals surface area contributed by atoms with E-state index >= 15 is 0 Å². The van der Waals surface area contributed by atoms with Gasteiger partial charge in [-0.05, 0) is 0 Å². The quantitative estimate of drug-likeness (QED) is 0.231. The molecule has 0 spiro atoms. The second kappa shape index (κ2) is 15.1. The molecule has 4 rings (SSSR count). The Bertz CT molecular complexity index is 1010. The summed E-state index contributed by atoms with van der Waals surface area (Å²) in [5, 5.41) is 1.06. The van der Waals surface area contributed by atoms with Gasteiger partial charge in [0.05, 0.1) is 0 Å². The molecule has 0 aliphatic carbocycles. The number of carbonyl (C=O) groups excluding carboxylic acids is 2. The zero-order valence-electron chi connectivity index (χ0n) is 20.6. The van der Waals surface area contributed by atoms with Gasteiger partial charge in [0.2, 0.25) is 0 Å². The van der Waals surface area contributed by atoms with Gasteiger partial charge in [-0.2, -0.15) is 0 Å². The minimum absolute atomic E-state index is 0.113. The van der Waals surface area contributed by atoms with Crippen LogP contribution in [0.15, 0.2) is 121 Å². The third-order valence-corrected chi connectivity index (χ3v) is 16.9. The zero-order valence-corrected chi connectivity index (χ0v) is 24.8. The van der Waals surface area contributed by atoms with E-state index in [2.05, 4.69) is 48.5 Å². The van der Waals surface area contributed by atoms with Crippen LogP contribution < -0.4 is 17.6 Å². The summed E-state index contributed by atoms with van der Waals surface area (Å²) >= 11 is -3.62. The van der Waals surface area contributed by atoms with E-state index in [-0.39, 0.29) is 11.9 Å². The number of carbonyl (C=O) groups is 2. The van der Waals surface area contributed by atoms with Crippen LogP contribution in [0.5, 0.6) is 0 Å². The van der Waals surface area contributed by atoms with Gasteiger partial charge in [0.25, 0.3) is 0 Å². The van der Waals surface area contributed by atoms with Crippen molar-refractivity contribution in [3.63, 3.8) is 0 Å². The fraction of sp³-hybridized carbons (Fsp3) is 0.133. The summed E-state index contributed by atoms with van der Waals surface area (Å²) < 4.78 is 14.9. The molecule has 0 N–H and O–H groups in total. The van der Waals surface area contributed by atoms with Crippen LogP contribution in [-0.2, 0) is 19.1 Å². The first-order valence-electron chi connectivity index (χ1n) is 11.7. The van der Waals surface area contributed by atoms with E-state index in [0.717, 1.165) is 0 Å². The maximum absolute atomic E-state index is 11.6. The summed E-state index contributed by atoms with van der Waals surface area (Å²) in [5.74, 6) is -0.226. The number of hydrogen-bond acceptors (Lipinski definition) is 4. The molecule has 0 aliphatic rings. The van der Waals surface area contributed by atoms with Crippen LogP contribution in [-0.4, -0.2) is 54.9 Å². The topological polar surface area (TPSA) is 52.6 Å². The van der Waals surface area contributed by atoms with Gasteiger partial charge in [0.15, 0.2) is 0 Å². The Morgan fingerprint density at radius 3 is 0.889 bits per heavy atom. The van der Waals surface area contributed by atoms with Crippen LogP contribution >= 0.6 is 0 Å². The Morgan fingerprint density at radius 1 is 0.472 bits per heavy atom. The van der Waals surface area contributed by atoms with Crippen molar-refractivity contribution in [1.29, 1.82) is 0 Å². The summed E-state index contributed by atoms with van der Waals surface area (Å²) in [5.41, 5.74) is 0. The second-order valence-corrected chi connectivity index (χ2v) is 18.3. The van der Waals surface area contributed by atoms with Crippen LogP contribution in [0.2, 0.25) is 10.5 Å². The normalized spacial score (nSPS) is 10.3.